The molecule has 0 aliphatic carbocycles. The Hall–Kier alpha value is -1.94. The molecule has 0 radical (unpaired) electrons. The van der Waals surface area contributed by atoms with Gasteiger partial charge in [-0.2, -0.15) is 5.26 Å². The summed E-state index contributed by atoms with van der Waals surface area (Å²) in [6, 6.07) is 4.91. The minimum Gasteiger partial charge on any atom is -0.406 e. The third-order valence-electron chi connectivity index (χ3n) is 1.50. The normalized spacial score (nSPS) is 10.6. The van der Waals surface area contributed by atoms with Gasteiger partial charge in [0.05, 0.1) is 11.3 Å². The average Bonchev–Trinajstić information content (AvgIpc) is 2.15. The van der Waals surface area contributed by atoms with Gasteiger partial charge in [-0.1, -0.05) is 0 Å². The van der Waals surface area contributed by atoms with E-state index in [1.54, 1.807) is 6.07 Å². The van der Waals surface area contributed by atoms with E-state index in [1.165, 1.54) is 6.07 Å². The van der Waals surface area contributed by atoms with E-state index < -0.39 is 12.1 Å². The average molecular weight is 217 g/mol. The molecule has 0 aromatic heterocycles. The van der Waals surface area contributed by atoms with Crippen LogP contribution < -0.4 is 16.0 Å². The second-order valence-electron chi connectivity index (χ2n) is 2.51. The quantitative estimate of drug-likeness (QED) is 0.584. The molecule has 0 aliphatic rings. The standard InChI is InChI=1S/C8H6F3N3O/c9-8(10,11)15-6-1-2-7(14-13)5(3-6)4-12/h1-3,14H,13H2. The van der Waals surface area contributed by atoms with Gasteiger partial charge in [0.2, 0.25) is 0 Å². The largest absolute Gasteiger partial charge is 0.573 e. The molecule has 0 heterocycles. The zero-order chi connectivity index (χ0) is 11.5. The zero-order valence-electron chi connectivity index (χ0n) is 7.30. The fourth-order valence-electron chi connectivity index (χ4n) is 0.939. The predicted octanol–water partition coefficient (Wildman–Crippen LogP) is 1.74. The molecule has 1 rings (SSSR count). The van der Waals surface area contributed by atoms with Crippen LogP contribution in [-0.4, -0.2) is 6.36 Å². The number of nitrogen functional groups attached to an aromatic ring is 1. The van der Waals surface area contributed by atoms with Crippen LogP contribution in [0.15, 0.2) is 18.2 Å². The number of nitrogens with zero attached hydrogens (tertiary/aromatic N) is 1. The van der Waals surface area contributed by atoms with Gasteiger partial charge >= 0.3 is 6.36 Å². The molecule has 4 nitrogen and oxygen atoms in total. The molecule has 0 saturated heterocycles. The first-order valence-electron chi connectivity index (χ1n) is 3.73. The molecule has 0 unspecified atom stereocenters. The van der Waals surface area contributed by atoms with Crippen LogP contribution in [0.5, 0.6) is 5.75 Å². The van der Waals surface area contributed by atoms with Crippen molar-refractivity contribution in [2.45, 2.75) is 6.36 Å². The molecule has 0 amide bonds. The van der Waals surface area contributed by atoms with Crippen molar-refractivity contribution < 1.29 is 17.9 Å². The van der Waals surface area contributed by atoms with Gasteiger partial charge in [-0.05, 0) is 12.1 Å². The molecule has 0 saturated carbocycles. The van der Waals surface area contributed by atoms with Gasteiger partial charge in [-0.15, -0.1) is 13.2 Å². The van der Waals surface area contributed by atoms with Crippen molar-refractivity contribution >= 4 is 5.69 Å². The summed E-state index contributed by atoms with van der Waals surface area (Å²) in [5.74, 6) is 4.58. The first kappa shape index (κ1) is 11.1. The summed E-state index contributed by atoms with van der Waals surface area (Å²) in [7, 11) is 0. The molecule has 0 fully saturated rings. The van der Waals surface area contributed by atoms with E-state index >= 15 is 0 Å². The molecule has 15 heavy (non-hydrogen) atoms. The van der Waals surface area contributed by atoms with E-state index in [-0.39, 0.29) is 11.3 Å². The molecule has 0 aliphatic heterocycles. The first-order valence-corrected chi connectivity index (χ1v) is 3.73. The van der Waals surface area contributed by atoms with Crippen molar-refractivity contribution in [3.05, 3.63) is 23.8 Å². The number of anilines is 1. The van der Waals surface area contributed by atoms with Crippen LogP contribution in [-0.2, 0) is 0 Å². The Morgan fingerprint density at radius 1 is 1.40 bits per heavy atom. The van der Waals surface area contributed by atoms with Crippen LogP contribution in [0.25, 0.3) is 0 Å². The van der Waals surface area contributed by atoms with Crippen molar-refractivity contribution in [2.24, 2.45) is 5.84 Å². The number of nitriles is 1. The first-order chi connectivity index (χ1) is 6.96. The van der Waals surface area contributed by atoms with Gasteiger partial charge in [0.25, 0.3) is 0 Å². The summed E-state index contributed by atoms with van der Waals surface area (Å²) in [6.07, 6.45) is -4.77. The molecular weight excluding hydrogens is 211 g/mol. The molecule has 3 N–H and O–H groups in total. The van der Waals surface area contributed by atoms with E-state index in [2.05, 4.69) is 10.2 Å². The lowest BCUT2D eigenvalue weighted by Gasteiger charge is -2.10. The lowest BCUT2D eigenvalue weighted by atomic mass is 10.2. The number of hydrogen-bond donors (Lipinski definition) is 2. The van der Waals surface area contributed by atoms with Crippen molar-refractivity contribution in [2.75, 3.05) is 5.43 Å². The van der Waals surface area contributed by atoms with Gasteiger partial charge in [-0.25, -0.2) is 0 Å². The number of hydrogen-bond acceptors (Lipinski definition) is 4. The Morgan fingerprint density at radius 3 is 2.53 bits per heavy atom. The Kier molecular flexibility index (Phi) is 3.01. The fraction of sp³-hybridized carbons (Fsp3) is 0.125. The van der Waals surface area contributed by atoms with E-state index in [9.17, 15) is 13.2 Å². The predicted molar refractivity (Wildman–Crippen MR) is 45.7 cm³/mol. The topological polar surface area (TPSA) is 71.1 Å². The van der Waals surface area contributed by atoms with Crippen molar-refractivity contribution in [3.8, 4) is 11.8 Å². The van der Waals surface area contributed by atoms with E-state index in [1.807, 2.05) is 0 Å². The summed E-state index contributed by atoms with van der Waals surface area (Å²) in [5, 5.41) is 8.59. The summed E-state index contributed by atoms with van der Waals surface area (Å²) in [6.45, 7) is 0. The number of alkyl halides is 3. The summed E-state index contributed by atoms with van der Waals surface area (Å²) in [5.41, 5.74) is 2.38. The number of nitrogens with one attached hydrogen (secondary N) is 1. The van der Waals surface area contributed by atoms with Crippen LogP contribution >= 0.6 is 0 Å². The highest BCUT2D eigenvalue weighted by Gasteiger charge is 2.31. The Labute approximate surface area is 83.0 Å². The van der Waals surface area contributed by atoms with Gasteiger partial charge < -0.3 is 10.2 Å². The maximum absolute atomic E-state index is 11.8. The molecule has 0 bridgehead atoms. The zero-order valence-corrected chi connectivity index (χ0v) is 7.30. The number of halogens is 3. The molecule has 80 valence electrons. The van der Waals surface area contributed by atoms with E-state index in [4.69, 9.17) is 11.1 Å². The van der Waals surface area contributed by atoms with Crippen molar-refractivity contribution in [1.29, 1.82) is 5.26 Å². The minimum atomic E-state index is -4.77. The number of hydrazine groups is 1. The highest BCUT2D eigenvalue weighted by atomic mass is 19.4. The van der Waals surface area contributed by atoms with Crippen LogP contribution in [0.1, 0.15) is 5.56 Å². The van der Waals surface area contributed by atoms with Crippen LogP contribution in [0, 0.1) is 11.3 Å². The number of rotatable bonds is 2. The molecular formula is C8H6F3N3O. The lowest BCUT2D eigenvalue weighted by Crippen LogP contribution is -2.17. The summed E-state index contributed by atoms with van der Waals surface area (Å²) < 4.78 is 39.1. The molecule has 1 aromatic rings. The summed E-state index contributed by atoms with van der Waals surface area (Å²) >= 11 is 0. The highest BCUT2D eigenvalue weighted by Crippen LogP contribution is 2.26. The number of benzene rings is 1. The Bertz CT molecular complexity index is 397. The lowest BCUT2D eigenvalue weighted by molar-refractivity contribution is -0.274. The van der Waals surface area contributed by atoms with Crippen LogP contribution in [0.4, 0.5) is 18.9 Å². The van der Waals surface area contributed by atoms with Crippen LogP contribution in [0.2, 0.25) is 0 Å². The highest BCUT2D eigenvalue weighted by molar-refractivity contribution is 5.59. The van der Waals surface area contributed by atoms with Gasteiger partial charge in [-0.3, -0.25) is 5.84 Å². The molecule has 0 spiro atoms. The molecule has 1 aromatic carbocycles. The Balaban J connectivity index is 3.00. The third kappa shape index (κ3) is 3.03. The Morgan fingerprint density at radius 2 is 2.07 bits per heavy atom. The van der Waals surface area contributed by atoms with Crippen LogP contribution in [0.3, 0.4) is 0 Å². The second kappa shape index (κ2) is 4.06. The molecule has 7 heteroatoms. The third-order valence-corrected chi connectivity index (χ3v) is 1.50. The maximum atomic E-state index is 11.8. The van der Waals surface area contributed by atoms with Gasteiger partial charge in [0, 0.05) is 6.07 Å². The number of ether oxygens (including phenoxy) is 1. The molecule has 0 atom stereocenters. The van der Waals surface area contributed by atoms with Gasteiger partial charge in [0.15, 0.2) is 0 Å². The van der Waals surface area contributed by atoms with Crippen molar-refractivity contribution in [3.63, 3.8) is 0 Å². The van der Waals surface area contributed by atoms with Gasteiger partial charge in [0.1, 0.15) is 11.8 Å². The van der Waals surface area contributed by atoms with E-state index in [0.717, 1.165) is 12.1 Å². The number of nitrogens with two attached hydrogens (primary N) is 1. The minimum absolute atomic E-state index is 0.0285. The van der Waals surface area contributed by atoms with E-state index in [0.29, 0.717) is 0 Å². The monoisotopic (exact) mass is 217 g/mol. The smallest absolute Gasteiger partial charge is 0.406 e. The van der Waals surface area contributed by atoms with Crippen molar-refractivity contribution in [1.82, 2.24) is 0 Å². The second-order valence-corrected chi connectivity index (χ2v) is 2.51. The fourth-order valence-corrected chi connectivity index (χ4v) is 0.939. The maximum Gasteiger partial charge on any atom is 0.573 e. The summed E-state index contributed by atoms with van der Waals surface area (Å²) in [4.78, 5) is 0. The SMILES string of the molecule is N#Cc1cc(OC(F)(F)F)ccc1NN.